The van der Waals surface area contributed by atoms with Crippen LogP contribution in [0.2, 0.25) is 0 Å². The summed E-state index contributed by atoms with van der Waals surface area (Å²) < 4.78 is 4.62. The fourth-order valence-corrected chi connectivity index (χ4v) is 2.02. The predicted molar refractivity (Wildman–Crippen MR) is 58.7 cm³/mol. The summed E-state index contributed by atoms with van der Waals surface area (Å²) in [5, 5.41) is 15.6. The third kappa shape index (κ3) is 2.89. The largest absolute Gasteiger partial charge is 0.343 e. The molecule has 82 valence electrons. The maximum atomic E-state index is 8.66. The van der Waals surface area contributed by atoms with E-state index in [1.54, 1.807) is 0 Å². The van der Waals surface area contributed by atoms with E-state index in [0.717, 1.165) is 29.3 Å². The second-order valence-corrected chi connectivity index (χ2v) is 4.32. The standard InChI is InChI=1S/C10H10N4OS/c11-5-8-1-2-9(16-8)6-12-4-3-10-13-7-15-14-10/h1-2,7,12H,3-4,6H2. The Morgan fingerprint density at radius 1 is 1.50 bits per heavy atom. The van der Waals surface area contributed by atoms with Gasteiger partial charge in [-0.05, 0) is 12.1 Å². The van der Waals surface area contributed by atoms with Crippen LogP contribution >= 0.6 is 11.3 Å². The maximum Gasteiger partial charge on any atom is 0.213 e. The highest BCUT2D eigenvalue weighted by Crippen LogP contribution is 2.14. The minimum Gasteiger partial charge on any atom is -0.343 e. The molecule has 0 aliphatic rings. The zero-order chi connectivity index (χ0) is 11.2. The van der Waals surface area contributed by atoms with Crippen molar-refractivity contribution >= 4 is 11.3 Å². The van der Waals surface area contributed by atoms with E-state index in [4.69, 9.17) is 5.26 Å². The van der Waals surface area contributed by atoms with Crippen molar-refractivity contribution in [3.63, 3.8) is 0 Å². The van der Waals surface area contributed by atoms with E-state index in [9.17, 15) is 0 Å². The van der Waals surface area contributed by atoms with Gasteiger partial charge in [-0.3, -0.25) is 0 Å². The number of rotatable bonds is 5. The molecular formula is C10H10N4OS. The molecule has 0 fully saturated rings. The molecule has 0 bridgehead atoms. The quantitative estimate of drug-likeness (QED) is 0.790. The molecule has 0 unspecified atom stereocenters. The van der Waals surface area contributed by atoms with Crippen LogP contribution in [0.25, 0.3) is 0 Å². The van der Waals surface area contributed by atoms with Crippen molar-refractivity contribution in [3.05, 3.63) is 34.1 Å². The molecule has 0 radical (unpaired) electrons. The maximum absolute atomic E-state index is 8.66. The highest BCUT2D eigenvalue weighted by atomic mass is 32.1. The molecular weight excluding hydrogens is 224 g/mol. The van der Waals surface area contributed by atoms with Crippen molar-refractivity contribution in [1.29, 1.82) is 5.26 Å². The summed E-state index contributed by atoms with van der Waals surface area (Å²) in [4.78, 5) is 5.82. The Bertz CT molecular complexity index is 471. The summed E-state index contributed by atoms with van der Waals surface area (Å²) >= 11 is 1.51. The Hall–Kier alpha value is -1.71. The summed E-state index contributed by atoms with van der Waals surface area (Å²) in [6.45, 7) is 1.56. The Morgan fingerprint density at radius 3 is 3.12 bits per heavy atom. The lowest BCUT2D eigenvalue weighted by atomic mass is 10.4. The first kappa shape index (κ1) is 10.8. The van der Waals surface area contributed by atoms with Crippen LogP contribution in [0.3, 0.4) is 0 Å². The van der Waals surface area contributed by atoms with Crippen LogP contribution in [0.1, 0.15) is 15.6 Å². The molecule has 2 heterocycles. The highest BCUT2D eigenvalue weighted by molar-refractivity contribution is 7.12. The molecule has 0 aliphatic heterocycles. The Kier molecular flexibility index (Phi) is 3.64. The number of nitrogens with zero attached hydrogens (tertiary/aromatic N) is 3. The van der Waals surface area contributed by atoms with Gasteiger partial charge in [-0.15, -0.1) is 11.3 Å². The number of nitriles is 1. The van der Waals surface area contributed by atoms with E-state index in [2.05, 4.69) is 26.0 Å². The predicted octanol–water partition coefficient (Wildman–Crippen LogP) is 1.34. The number of thiophene rings is 1. The number of hydrogen-bond donors (Lipinski definition) is 1. The van der Waals surface area contributed by atoms with Gasteiger partial charge in [0.25, 0.3) is 0 Å². The van der Waals surface area contributed by atoms with Gasteiger partial charge in [-0.25, -0.2) is 0 Å². The summed E-state index contributed by atoms with van der Waals surface area (Å²) in [5.41, 5.74) is 0. The molecule has 2 aromatic heterocycles. The van der Waals surface area contributed by atoms with Gasteiger partial charge < -0.3 is 9.84 Å². The van der Waals surface area contributed by atoms with E-state index in [1.807, 2.05) is 12.1 Å². The van der Waals surface area contributed by atoms with Gasteiger partial charge in [-0.2, -0.15) is 10.2 Å². The molecule has 0 atom stereocenters. The van der Waals surface area contributed by atoms with Crippen LogP contribution in [0.5, 0.6) is 0 Å². The lowest BCUT2D eigenvalue weighted by molar-refractivity contribution is 0.409. The van der Waals surface area contributed by atoms with E-state index < -0.39 is 0 Å². The molecule has 2 rings (SSSR count). The molecule has 16 heavy (non-hydrogen) atoms. The van der Waals surface area contributed by atoms with Gasteiger partial charge >= 0.3 is 0 Å². The van der Waals surface area contributed by atoms with Gasteiger partial charge in [0.15, 0.2) is 5.82 Å². The summed E-state index contributed by atoms with van der Waals surface area (Å²) in [6.07, 6.45) is 2.07. The average molecular weight is 234 g/mol. The topological polar surface area (TPSA) is 74.7 Å². The van der Waals surface area contributed by atoms with Crippen molar-refractivity contribution in [3.8, 4) is 6.07 Å². The van der Waals surface area contributed by atoms with Crippen molar-refractivity contribution in [1.82, 2.24) is 15.5 Å². The van der Waals surface area contributed by atoms with Crippen molar-refractivity contribution in [2.24, 2.45) is 0 Å². The summed E-state index contributed by atoms with van der Waals surface area (Å²) in [5.74, 6) is 0.705. The van der Waals surface area contributed by atoms with E-state index in [1.165, 1.54) is 17.7 Å². The zero-order valence-corrected chi connectivity index (χ0v) is 9.33. The van der Waals surface area contributed by atoms with Crippen molar-refractivity contribution < 1.29 is 4.52 Å². The first-order chi connectivity index (χ1) is 7.88. The molecule has 0 aliphatic carbocycles. The molecule has 2 aromatic rings. The van der Waals surface area contributed by atoms with E-state index in [-0.39, 0.29) is 0 Å². The number of aromatic nitrogens is 2. The monoisotopic (exact) mass is 234 g/mol. The van der Waals surface area contributed by atoms with Gasteiger partial charge in [0.2, 0.25) is 6.39 Å². The fourth-order valence-electron chi connectivity index (χ4n) is 1.25. The first-order valence-electron chi connectivity index (χ1n) is 4.83. The second kappa shape index (κ2) is 5.39. The van der Waals surface area contributed by atoms with Crippen LogP contribution in [-0.4, -0.2) is 16.7 Å². The van der Waals surface area contributed by atoms with Crippen LogP contribution in [-0.2, 0) is 13.0 Å². The van der Waals surface area contributed by atoms with Crippen LogP contribution in [0.15, 0.2) is 23.0 Å². The van der Waals surface area contributed by atoms with Crippen molar-refractivity contribution in [2.75, 3.05) is 6.54 Å². The minimum absolute atomic E-state index is 0.705. The smallest absolute Gasteiger partial charge is 0.213 e. The molecule has 0 aromatic carbocycles. The van der Waals surface area contributed by atoms with Gasteiger partial charge in [0.1, 0.15) is 10.9 Å². The fraction of sp³-hybridized carbons (Fsp3) is 0.300. The van der Waals surface area contributed by atoms with Crippen LogP contribution in [0.4, 0.5) is 0 Å². The van der Waals surface area contributed by atoms with Gasteiger partial charge in [0, 0.05) is 24.4 Å². The van der Waals surface area contributed by atoms with Crippen LogP contribution < -0.4 is 5.32 Å². The summed E-state index contributed by atoms with van der Waals surface area (Å²) in [7, 11) is 0. The molecule has 0 saturated carbocycles. The Balaban J connectivity index is 1.70. The van der Waals surface area contributed by atoms with Gasteiger partial charge in [0.05, 0.1) is 0 Å². The normalized spacial score (nSPS) is 10.2. The van der Waals surface area contributed by atoms with Crippen molar-refractivity contribution in [2.45, 2.75) is 13.0 Å². The lowest BCUT2D eigenvalue weighted by Gasteiger charge is -1.99. The second-order valence-electron chi connectivity index (χ2n) is 3.15. The average Bonchev–Trinajstić information content (AvgIpc) is 2.95. The Labute approximate surface area is 96.7 Å². The third-order valence-corrected chi connectivity index (χ3v) is 2.99. The molecule has 5 nitrogen and oxygen atoms in total. The molecule has 0 saturated heterocycles. The number of hydrogen-bond acceptors (Lipinski definition) is 6. The zero-order valence-electron chi connectivity index (χ0n) is 8.51. The Morgan fingerprint density at radius 2 is 2.44 bits per heavy atom. The van der Waals surface area contributed by atoms with Crippen LogP contribution in [0, 0.1) is 11.3 Å². The summed E-state index contributed by atoms with van der Waals surface area (Å²) in [6, 6.07) is 5.92. The third-order valence-electron chi connectivity index (χ3n) is 2.00. The first-order valence-corrected chi connectivity index (χ1v) is 5.65. The molecule has 0 spiro atoms. The molecule has 0 amide bonds. The molecule has 1 N–H and O–H groups in total. The minimum atomic E-state index is 0.705. The van der Waals surface area contributed by atoms with Gasteiger partial charge in [-0.1, -0.05) is 5.16 Å². The van der Waals surface area contributed by atoms with E-state index >= 15 is 0 Å². The SMILES string of the molecule is N#Cc1ccc(CNCCc2ncon2)s1. The highest BCUT2D eigenvalue weighted by Gasteiger charge is 2.00. The molecule has 6 heteroatoms. The lowest BCUT2D eigenvalue weighted by Crippen LogP contribution is -2.16. The number of nitrogens with one attached hydrogen (secondary N) is 1. The van der Waals surface area contributed by atoms with E-state index in [0.29, 0.717) is 5.82 Å².